The number of anilines is 1. The van der Waals surface area contributed by atoms with Crippen molar-refractivity contribution in [1.29, 1.82) is 0 Å². The van der Waals surface area contributed by atoms with Gasteiger partial charge >= 0.3 is 0 Å². The largest absolute Gasteiger partial charge is 0.480 e. The van der Waals surface area contributed by atoms with Crippen molar-refractivity contribution in [2.45, 2.75) is 33.2 Å². The average Bonchev–Trinajstić information content (AvgIpc) is 2.42. The van der Waals surface area contributed by atoms with Crippen LogP contribution in [0.2, 0.25) is 0 Å². The van der Waals surface area contributed by atoms with Crippen molar-refractivity contribution >= 4 is 34.2 Å². The summed E-state index contributed by atoms with van der Waals surface area (Å²) in [5.74, 6) is 0.441. The van der Waals surface area contributed by atoms with Gasteiger partial charge in [-0.15, -0.1) is 0 Å². The highest BCUT2D eigenvalue weighted by molar-refractivity contribution is 14.1. The van der Waals surface area contributed by atoms with E-state index < -0.39 is 0 Å². The van der Waals surface area contributed by atoms with Crippen molar-refractivity contribution in [3.05, 3.63) is 3.70 Å². The molecule has 0 fully saturated rings. The lowest BCUT2D eigenvalue weighted by molar-refractivity contribution is -0.114. The smallest absolute Gasteiger partial charge is 0.237 e. The standard InChI is InChI=1S/C10H16IN3O2/c1-6(15)12-7-8(11)13-14(9(7)16-5)10(2,3)4/h1-5H3,(H,12,15). The van der Waals surface area contributed by atoms with Gasteiger partial charge in [-0.2, -0.15) is 5.10 Å². The Morgan fingerprint density at radius 1 is 1.50 bits per heavy atom. The first kappa shape index (κ1) is 13.3. The Kier molecular flexibility index (Phi) is 3.82. The Bertz CT molecular complexity index is 407. The number of aromatic nitrogens is 2. The number of ether oxygens (including phenoxy) is 1. The molecule has 1 rings (SSSR count). The Morgan fingerprint density at radius 3 is 2.44 bits per heavy atom. The number of rotatable bonds is 2. The summed E-state index contributed by atoms with van der Waals surface area (Å²) in [6.07, 6.45) is 0. The molecule has 0 saturated carbocycles. The van der Waals surface area contributed by atoms with E-state index in [9.17, 15) is 4.79 Å². The van der Waals surface area contributed by atoms with E-state index in [-0.39, 0.29) is 11.4 Å². The summed E-state index contributed by atoms with van der Waals surface area (Å²) in [4.78, 5) is 11.1. The number of amides is 1. The molecule has 0 aliphatic rings. The van der Waals surface area contributed by atoms with E-state index >= 15 is 0 Å². The second-order valence-electron chi connectivity index (χ2n) is 4.44. The molecule has 16 heavy (non-hydrogen) atoms. The van der Waals surface area contributed by atoms with E-state index in [2.05, 4.69) is 33.0 Å². The molecule has 0 unspecified atom stereocenters. The van der Waals surface area contributed by atoms with Crippen LogP contribution in [0.4, 0.5) is 5.69 Å². The maximum absolute atomic E-state index is 11.1. The molecule has 1 amide bonds. The van der Waals surface area contributed by atoms with Crippen LogP contribution in [0.15, 0.2) is 0 Å². The van der Waals surface area contributed by atoms with Crippen LogP contribution in [0.1, 0.15) is 27.7 Å². The topological polar surface area (TPSA) is 56.1 Å². The van der Waals surface area contributed by atoms with Crippen LogP contribution in [0.25, 0.3) is 0 Å². The molecule has 1 heterocycles. The lowest BCUT2D eigenvalue weighted by Gasteiger charge is -2.21. The van der Waals surface area contributed by atoms with Crippen molar-refractivity contribution < 1.29 is 9.53 Å². The third-order valence-corrected chi connectivity index (χ3v) is 2.69. The number of nitrogens with one attached hydrogen (secondary N) is 1. The molecule has 6 heteroatoms. The SMILES string of the molecule is COc1c(NC(C)=O)c(I)nn1C(C)(C)C. The summed E-state index contributed by atoms with van der Waals surface area (Å²) in [6.45, 7) is 7.53. The molecule has 1 N–H and O–H groups in total. The van der Waals surface area contributed by atoms with Crippen molar-refractivity contribution in [2.75, 3.05) is 12.4 Å². The van der Waals surface area contributed by atoms with Crippen molar-refractivity contribution in [2.24, 2.45) is 0 Å². The van der Waals surface area contributed by atoms with Crippen LogP contribution >= 0.6 is 22.6 Å². The minimum atomic E-state index is -0.192. The number of nitrogens with zero attached hydrogens (tertiary/aromatic N) is 2. The van der Waals surface area contributed by atoms with Crippen LogP contribution < -0.4 is 10.1 Å². The third-order valence-electron chi connectivity index (χ3n) is 1.93. The van der Waals surface area contributed by atoms with E-state index in [1.807, 2.05) is 20.8 Å². The van der Waals surface area contributed by atoms with Gasteiger partial charge < -0.3 is 10.1 Å². The van der Waals surface area contributed by atoms with Gasteiger partial charge in [0.15, 0.2) is 3.70 Å². The fourth-order valence-electron chi connectivity index (χ4n) is 1.30. The van der Waals surface area contributed by atoms with Gasteiger partial charge in [0, 0.05) is 6.92 Å². The maximum atomic E-state index is 11.1. The summed E-state index contributed by atoms with van der Waals surface area (Å²) in [6, 6.07) is 0. The molecule has 0 bridgehead atoms. The van der Waals surface area contributed by atoms with Gasteiger partial charge in [0.05, 0.1) is 12.6 Å². The predicted octanol–water partition coefficient (Wildman–Crippen LogP) is 2.21. The fourth-order valence-corrected chi connectivity index (χ4v) is 1.88. The van der Waals surface area contributed by atoms with E-state index in [4.69, 9.17) is 4.74 Å². The molecule has 5 nitrogen and oxygen atoms in total. The molecular weight excluding hydrogens is 321 g/mol. The third kappa shape index (κ3) is 2.66. The molecule has 1 aromatic rings. The van der Waals surface area contributed by atoms with Gasteiger partial charge in [0.25, 0.3) is 0 Å². The zero-order chi connectivity index (χ0) is 12.5. The zero-order valence-electron chi connectivity index (χ0n) is 10.1. The van der Waals surface area contributed by atoms with Gasteiger partial charge in [0.2, 0.25) is 11.8 Å². The van der Waals surface area contributed by atoms with Crippen LogP contribution in [0.3, 0.4) is 0 Å². The minimum Gasteiger partial charge on any atom is -0.480 e. The average molecular weight is 337 g/mol. The van der Waals surface area contributed by atoms with Crippen molar-refractivity contribution in [1.82, 2.24) is 9.78 Å². The van der Waals surface area contributed by atoms with E-state index in [0.717, 1.165) is 3.70 Å². The molecule has 0 saturated heterocycles. The monoisotopic (exact) mass is 337 g/mol. The second-order valence-corrected chi connectivity index (χ2v) is 5.46. The summed E-state index contributed by atoms with van der Waals surface area (Å²) in [5, 5.41) is 7.10. The molecule has 0 atom stereocenters. The molecule has 90 valence electrons. The Balaban J connectivity index is 3.29. The summed E-state index contributed by atoms with van der Waals surface area (Å²) in [5.41, 5.74) is 0.438. The molecular formula is C10H16IN3O2. The molecule has 0 spiro atoms. The van der Waals surface area contributed by atoms with Crippen LogP contribution in [-0.2, 0) is 10.3 Å². The van der Waals surface area contributed by atoms with E-state index in [1.54, 1.807) is 11.8 Å². The van der Waals surface area contributed by atoms with Crippen molar-refractivity contribution in [3.63, 3.8) is 0 Å². The highest BCUT2D eigenvalue weighted by atomic mass is 127. The molecule has 0 aromatic carbocycles. The first-order chi connectivity index (χ1) is 7.27. The fraction of sp³-hybridized carbons (Fsp3) is 0.600. The van der Waals surface area contributed by atoms with Crippen LogP contribution in [0.5, 0.6) is 5.88 Å². The number of hydrogen-bond acceptors (Lipinski definition) is 3. The Morgan fingerprint density at radius 2 is 2.06 bits per heavy atom. The highest BCUT2D eigenvalue weighted by Gasteiger charge is 2.25. The predicted molar refractivity (Wildman–Crippen MR) is 70.8 cm³/mol. The lowest BCUT2D eigenvalue weighted by atomic mass is 10.1. The van der Waals surface area contributed by atoms with Gasteiger partial charge in [-0.25, -0.2) is 4.68 Å². The first-order valence-electron chi connectivity index (χ1n) is 4.88. The number of carbonyl (C=O) groups is 1. The van der Waals surface area contributed by atoms with Crippen LogP contribution in [0, 0.1) is 3.70 Å². The highest BCUT2D eigenvalue weighted by Crippen LogP contribution is 2.33. The maximum Gasteiger partial charge on any atom is 0.237 e. The van der Waals surface area contributed by atoms with Crippen molar-refractivity contribution in [3.8, 4) is 5.88 Å². The number of methoxy groups -OCH3 is 1. The Hall–Kier alpha value is -0.790. The summed E-state index contributed by atoms with van der Waals surface area (Å²) >= 11 is 2.08. The molecule has 0 aliphatic heterocycles. The summed E-state index contributed by atoms with van der Waals surface area (Å²) in [7, 11) is 1.57. The molecule has 0 radical (unpaired) electrons. The number of hydrogen-bond donors (Lipinski definition) is 1. The second kappa shape index (κ2) is 4.60. The molecule has 0 aliphatic carbocycles. The number of halogens is 1. The number of carbonyl (C=O) groups excluding carboxylic acids is 1. The van der Waals surface area contributed by atoms with E-state index in [0.29, 0.717) is 11.6 Å². The van der Waals surface area contributed by atoms with Gasteiger partial charge in [0.1, 0.15) is 5.69 Å². The Labute approximate surface area is 109 Å². The van der Waals surface area contributed by atoms with Gasteiger partial charge in [-0.3, -0.25) is 4.79 Å². The quantitative estimate of drug-likeness (QED) is 0.842. The summed E-state index contributed by atoms with van der Waals surface area (Å²) < 4.78 is 7.79. The first-order valence-corrected chi connectivity index (χ1v) is 5.96. The minimum absolute atomic E-state index is 0.135. The lowest BCUT2D eigenvalue weighted by Crippen LogP contribution is -2.24. The molecule has 1 aromatic heterocycles. The van der Waals surface area contributed by atoms with Gasteiger partial charge in [-0.1, -0.05) is 0 Å². The van der Waals surface area contributed by atoms with E-state index in [1.165, 1.54) is 6.92 Å². The van der Waals surface area contributed by atoms with Gasteiger partial charge in [-0.05, 0) is 43.4 Å². The zero-order valence-corrected chi connectivity index (χ0v) is 12.2. The van der Waals surface area contributed by atoms with Crippen LogP contribution in [-0.4, -0.2) is 22.8 Å². The normalized spacial score (nSPS) is 11.4.